The number of benzene rings is 1. The Bertz CT molecular complexity index is 584. The molecule has 1 aromatic rings. The third kappa shape index (κ3) is 3.81. The molecular formula is C15H25FN2O2S. The van der Waals surface area contributed by atoms with Gasteiger partial charge in [-0.1, -0.05) is 13.8 Å². The molecule has 6 heteroatoms. The molecule has 1 rings (SSSR count). The lowest BCUT2D eigenvalue weighted by Gasteiger charge is -2.26. The highest BCUT2D eigenvalue weighted by atomic mass is 32.2. The molecule has 0 aromatic heterocycles. The van der Waals surface area contributed by atoms with Gasteiger partial charge in [0.2, 0.25) is 10.0 Å². The number of hydrogen-bond donors (Lipinski definition) is 1. The lowest BCUT2D eigenvalue weighted by molar-refractivity contribution is 0.349. The molecule has 0 unspecified atom stereocenters. The average Bonchev–Trinajstić information content (AvgIpc) is 2.44. The molecule has 1 N–H and O–H groups in total. The molecule has 0 aliphatic rings. The van der Waals surface area contributed by atoms with Crippen molar-refractivity contribution >= 4 is 10.0 Å². The van der Waals surface area contributed by atoms with Gasteiger partial charge in [-0.15, -0.1) is 0 Å². The van der Waals surface area contributed by atoms with Crippen LogP contribution in [-0.2, 0) is 16.6 Å². The van der Waals surface area contributed by atoms with Crippen LogP contribution in [0.2, 0.25) is 0 Å². The van der Waals surface area contributed by atoms with E-state index in [4.69, 9.17) is 0 Å². The minimum absolute atomic E-state index is 0.0480. The van der Waals surface area contributed by atoms with Crippen molar-refractivity contribution in [2.45, 2.75) is 51.1 Å². The zero-order valence-corrected chi connectivity index (χ0v) is 14.2. The molecule has 4 nitrogen and oxygen atoms in total. The monoisotopic (exact) mass is 316 g/mol. The van der Waals surface area contributed by atoms with Gasteiger partial charge in [-0.3, -0.25) is 0 Å². The minimum atomic E-state index is -3.60. The van der Waals surface area contributed by atoms with Crippen molar-refractivity contribution in [1.82, 2.24) is 9.62 Å². The van der Waals surface area contributed by atoms with E-state index in [1.54, 1.807) is 21.0 Å². The third-order valence-corrected chi connectivity index (χ3v) is 5.69. The Kier molecular flexibility index (Phi) is 6.31. The van der Waals surface area contributed by atoms with Crippen LogP contribution < -0.4 is 5.32 Å². The van der Waals surface area contributed by atoms with Gasteiger partial charge in [0.15, 0.2) is 0 Å². The molecule has 0 aliphatic carbocycles. The quantitative estimate of drug-likeness (QED) is 0.841. The molecule has 0 saturated heterocycles. The number of rotatable bonds is 7. The van der Waals surface area contributed by atoms with Crippen LogP contribution in [0.1, 0.15) is 37.8 Å². The fourth-order valence-corrected chi connectivity index (χ4v) is 4.08. The summed E-state index contributed by atoms with van der Waals surface area (Å²) >= 11 is 0. The van der Waals surface area contributed by atoms with Crippen LogP contribution in [0.25, 0.3) is 0 Å². The van der Waals surface area contributed by atoms with Crippen molar-refractivity contribution in [3.05, 3.63) is 29.1 Å². The Balaban J connectivity index is 3.31. The maximum atomic E-state index is 14.0. The number of nitrogens with zero attached hydrogens (tertiary/aromatic N) is 1. The second-order valence-electron chi connectivity index (χ2n) is 5.24. The van der Waals surface area contributed by atoms with E-state index in [1.165, 1.54) is 16.4 Å². The summed E-state index contributed by atoms with van der Waals surface area (Å²) in [6.45, 7) is 5.81. The summed E-state index contributed by atoms with van der Waals surface area (Å²) in [6, 6.07) is 2.78. The predicted octanol–water partition coefficient (Wildman–Crippen LogP) is 2.66. The van der Waals surface area contributed by atoms with Gasteiger partial charge in [-0.05, 0) is 44.5 Å². The first-order valence-corrected chi connectivity index (χ1v) is 8.65. The van der Waals surface area contributed by atoms with E-state index in [-0.39, 0.29) is 16.8 Å². The number of nitrogens with one attached hydrogen (secondary N) is 1. The van der Waals surface area contributed by atoms with Gasteiger partial charge in [0, 0.05) is 25.2 Å². The Labute approximate surface area is 127 Å². The second kappa shape index (κ2) is 7.33. The highest BCUT2D eigenvalue weighted by Crippen LogP contribution is 2.24. The summed E-state index contributed by atoms with van der Waals surface area (Å²) in [5, 5.41) is 2.86. The third-order valence-electron chi connectivity index (χ3n) is 3.80. The summed E-state index contributed by atoms with van der Waals surface area (Å²) in [6.07, 6.45) is 1.49. The number of aryl methyl sites for hydroxylation is 1. The largest absolute Gasteiger partial charge is 0.316 e. The molecule has 21 heavy (non-hydrogen) atoms. The predicted molar refractivity (Wildman–Crippen MR) is 83.2 cm³/mol. The van der Waals surface area contributed by atoms with Crippen molar-refractivity contribution in [2.24, 2.45) is 0 Å². The fraction of sp³-hybridized carbons (Fsp3) is 0.600. The Morgan fingerprint density at radius 2 is 1.86 bits per heavy atom. The van der Waals surface area contributed by atoms with E-state index in [1.807, 2.05) is 13.8 Å². The minimum Gasteiger partial charge on any atom is -0.316 e. The van der Waals surface area contributed by atoms with Crippen LogP contribution in [0.15, 0.2) is 17.0 Å². The summed E-state index contributed by atoms with van der Waals surface area (Å²) in [4.78, 5) is 0.154. The van der Waals surface area contributed by atoms with E-state index < -0.39 is 10.0 Å². The molecule has 120 valence electrons. The summed E-state index contributed by atoms with van der Waals surface area (Å²) in [5.74, 6) is -0.353. The first kappa shape index (κ1) is 18.1. The lowest BCUT2D eigenvalue weighted by Crippen LogP contribution is -2.36. The zero-order chi connectivity index (χ0) is 16.2. The van der Waals surface area contributed by atoms with Crippen molar-refractivity contribution in [2.75, 3.05) is 14.1 Å². The summed E-state index contributed by atoms with van der Waals surface area (Å²) < 4.78 is 40.8. The van der Waals surface area contributed by atoms with Gasteiger partial charge < -0.3 is 5.32 Å². The topological polar surface area (TPSA) is 49.4 Å². The first-order valence-electron chi connectivity index (χ1n) is 7.21. The molecule has 0 aliphatic heterocycles. The van der Waals surface area contributed by atoms with Crippen molar-refractivity contribution in [1.29, 1.82) is 0 Å². The van der Waals surface area contributed by atoms with Crippen molar-refractivity contribution < 1.29 is 12.8 Å². The highest BCUT2D eigenvalue weighted by molar-refractivity contribution is 7.89. The van der Waals surface area contributed by atoms with Gasteiger partial charge in [-0.25, -0.2) is 12.8 Å². The van der Waals surface area contributed by atoms with Crippen LogP contribution in [0.4, 0.5) is 4.39 Å². The zero-order valence-electron chi connectivity index (χ0n) is 13.4. The maximum absolute atomic E-state index is 14.0. The molecule has 0 fully saturated rings. The van der Waals surface area contributed by atoms with E-state index in [9.17, 15) is 12.8 Å². The average molecular weight is 316 g/mol. The Morgan fingerprint density at radius 1 is 1.29 bits per heavy atom. The maximum Gasteiger partial charge on any atom is 0.243 e. The molecule has 0 saturated carbocycles. The van der Waals surface area contributed by atoms with Gasteiger partial charge >= 0.3 is 0 Å². The van der Waals surface area contributed by atoms with E-state index >= 15 is 0 Å². The Hall–Kier alpha value is -0.980. The van der Waals surface area contributed by atoms with E-state index in [0.29, 0.717) is 17.7 Å². The Morgan fingerprint density at radius 3 is 2.33 bits per heavy atom. The molecule has 1 aromatic carbocycles. The first-order chi connectivity index (χ1) is 9.79. The standard InChI is InChI=1S/C15H25FN2O2S/c1-6-13(7-2)18(5)21(19,20)14-8-11(3)15(16)12(9-14)10-17-4/h8-9,13,17H,6-7,10H2,1-5H3. The van der Waals surface area contributed by atoms with Crippen LogP contribution in [0.3, 0.4) is 0 Å². The molecule has 0 spiro atoms. The second-order valence-corrected chi connectivity index (χ2v) is 7.23. The van der Waals surface area contributed by atoms with Crippen LogP contribution >= 0.6 is 0 Å². The molecule has 0 radical (unpaired) electrons. The molecular weight excluding hydrogens is 291 g/mol. The number of hydrogen-bond acceptors (Lipinski definition) is 3. The van der Waals surface area contributed by atoms with Gasteiger partial charge in [-0.2, -0.15) is 4.31 Å². The molecule has 0 atom stereocenters. The van der Waals surface area contributed by atoms with Gasteiger partial charge in [0.25, 0.3) is 0 Å². The highest BCUT2D eigenvalue weighted by Gasteiger charge is 2.27. The fourth-order valence-electron chi connectivity index (χ4n) is 2.44. The van der Waals surface area contributed by atoms with E-state index in [0.717, 1.165) is 12.8 Å². The van der Waals surface area contributed by atoms with E-state index in [2.05, 4.69) is 5.32 Å². The van der Waals surface area contributed by atoms with Crippen LogP contribution in [0, 0.1) is 12.7 Å². The van der Waals surface area contributed by atoms with Crippen molar-refractivity contribution in [3.8, 4) is 0 Å². The summed E-state index contributed by atoms with van der Waals surface area (Å²) in [7, 11) is -0.316. The molecule has 0 heterocycles. The van der Waals surface area contributed by atoms with Gasteiger partial charge in [0.1, 0.15) is 5.82 Å². The summed E-state index contributed by atoms with van der Waals surface area (Å²) in [5.41, 5.74) is 0.716. The molecule has 0 bridgehead atoms. The normalized spacial score (nSPS) is 12.4. The number of sulfonamides is 1. The van der Waals surface area contributed by atoms with Crippen molar-refractivity contribution in [3.63, 3.8) is 0 Å². The smallest absolute Gasteiger partial charge is 0.243 e. The number of halogens is 1. The SMILES string of the molecule is CCC(CC)N(C)S(=O)(=O)c1cc(C)c(F)c(CNC)c1. The van der Waals surface area contributed by atoms with Gasteiger partial charge in [0.05, 0.1) is 4.90 Å². The van der Waals surface area contributed by atoms with Crippen LogP contribution in [-0.4, -0.2) is 32.9 Å². The van der Waals surface area contributed by atoms with Crippen LogP contribution in [0.5, 0.6) is 0 Å². The lowest BCUT2D eigenvalue weighted by atomic mass is 10.1. The molecule has 0 amide bonds.